The van der Waals surface area contributed by atoms with Crippen LogP contribution in [0.2, 0.25) is 0 Å². The van der Waals surface area contributed by atoms with Crippen molar-refractivity contribution in [1.82, 2.24) is 10.6 Å². The van der Waals surface area contributed by atoms with Crippen LogP contribution in [0.4, 0.5) is 4.39 Å². The Morgan fingerprint density at radius 2 is 1.66 bits per heavy atom. The minimum Gasteiger partial charge on any atom is -0.368 e. The minimum atomic E-state index is -1.04. The van der Waals surface area contributed by atoms with E-state index in [9.17, 15) is 18.8 Å². The molecule has 0 aliphatic rings. The molecule has 0 saturated heterocycles. The van der Waals surface area contributed by atoms with E-state index < -0.39 is 35.6 Å². The van der Waals surface area contributed by atoms with Crippen LogP contribution in [0.5, 0.6) is 0 Å². The van der Waals surface area contributed by atoms with Crippen molar-refractivity contribution in [2.45, 2.75) is 45.7 Å². The van der Waals surface area contributed by atoms with Crippen molar-refractivity contribution in [3.05, 3.63) is 70.5 Å². The molecule has 2 aromatic carbocycles. The van der Waals surface area contributed by atoms with Crippen LogP contribution in [0, 0.1) is 19.7 Å². The van der Waals surface area contributed by atoms with Gasteiger partial charge in [0.2, 0.25) is 17.7 Å². The summed E-state index contributed by atoms with van der Waals surface area (Å²) in [6.45, 7) is 5.20. The number of rotatable bonds is 8. The van der Waals surface area contributed by atoms with E-state index in [-0.39, 0.29) is 18.4 Å². The number of primary amides is 1. The van der Waals surface area contributed by atoms with E-state index in [1.165, 1.54) is 19.1 Å². The fourth-order valence-corrected chi connectivity index (χ4v) is 3.00. The number of hydrogen-bond acceptors (Lipinski definition) is 3. The lowest BCUT2D eigenvalue weighted by Crippen LogP contribution is -2.54. The molecule has 7 heteroatoms. The van der Waals surface area contributed by atoms with Crippen molar-refractivity contribution in [3.63, 3.8) is 0 Å². The highest BCUT2D eigenvalue weighted by Gasteiger charge is 2.26. The SMILES string of the molecule is CC(=O)N[C@H](Cc1ccccc1F)C(=O)N[C@@H](Cc1ccc(C)c(C)c1)C(N)=O. The van der Waals surface area contributed by atoms with Crippen LogP contribution >= 0.6 is 0 Å². The van der Waals surface area contributed by atoms with Crippen LogP contribution in [0.15, 0.2) is 42.5 Å². The Morgan fingerprint density at radius 1 is 0.966 bits per heavy atom. The van der Waals surface area contributed by atoms with E-state index in [2.05, 4.69) is 10.6 Å². The summed E-state index contributed by atoms with van der Waals surface area (Å²) >= 11 is 0. The Morgan fingerprint density at radius 3 is 2.24 bits per heavy atom. The summed E-state index contributed by atoms with van der Waals surface area (Å²) in [6.07, 6.45) is 0.169. The predicted octanol–water partition coefficient (Wildman–Crippen LogP) is 1.70. The van der Waals surface area contributed by atoms with Gasteiger partial charge in [-0.05, 0) is 42.2 Å². The maximum Gasteiger partial charge on any atom is 0.243 e. The first-order valence-corrected chi connectivity index (χ1v) is 9.33. The molecule has 0 aliphatic carbocycles. The van der Waals surface area contributed by atoms with E-state index in [0.29, 0.717) is 0 Å². The van der Waals surface area contributed by atoms with E-state index >= 15 is 0 Å². The lowest BCUT2D eigenvalue weighted by molar-refractivity contribution is -0.130. The van der Waals surface area contributed by atoms with Crippen LogP contribution in [0.1, 0.15) is 29.2 Å². The summed E-state index contributed by atoms with van der Waals surface area (Å²) in [7, 11) is 0. The van der Waals surface area contributed by atoms with Crippen LogP contribution in [0.3, 0.4) is 0 Å². The Kier molecular flexibility index (Phi) is 7.47. The number of carbonyl (C=O) groups is 3. The fourth-order valence-electron chi connectivity index (χ4n) is 3.00. The van der Waals surface area contributed by atoms with Gasteiger partial charge in [-0.2, -0.15) is 0 Å². The summed E-state index contributed by atoms with van der Waals surface area (Å²) in [5.74, 6) is -2.20. The number of amides is 3. The summed E-state index contributed by atoms with van der Waals surface area (Å²) in [5.41, 5.74) is 8.79. The molecule has 0 aliphatic heterocycles. The van der Waals surface area contributed by atoms with Crippen LogP contribution < -0.4 is 16.4 Å². The molecule has 0 fully saturated rings. The van der Waals surface area contributed by atoms with E-state index in [4.69, 9.17) is 5.73 Å². The highest BCUT2D eigenvalue weighted by atomic mass is 19.1. The Bertz CT molecular complexity index is 914. The zero-order valence-corrected chi connectivity index (χ0v) is 16.8. The average Bonchev–Trinajstić information content (AvgIpc) is 2.64. The Balaban J connectivity index is 2.17. The molecule has 3 amide bonds. The van der Waals surface area contributed by atoms with Gasteiger partial charge in [-0.25, -0.2) is 4.39 Å². The molecule has 0 spiro atoms. The quantitative estimate of drug-likeness (QED) is 0.630. The third-order valence-corrected chi connectivity index (χ3v) is 4.75. The van der Waals surface area contributed by atoms with Gasteiger partial charge >= 0.3 is 0 Å². The lowest BCUT2D eigenvalue weighted by atomic mass is 9.99. The number of nitrogens with one attached hydrogen (secondary N) is 2. The topological polar surface area (TPSA) is 101 Å². The third kappa shape index (κ3) is 6.41. The van der Waals surface area contributed by atoms with Crippen LogP contribution in [-0.4, -0.2) is 29.8 Å². The molecule has 2 atom stereocenters. The standard InChI is InChI=1S/C22H26FN3O3/c1-13-8-9-16(10-14(13)2)11-19(21(24)28)26-22(29)20(25-15(3)27)12-17-6-4-5-7-18(17)23/h4-10,19-20H,11-12H2,1-3H3,(H2,24,28)(H,25,27)(H,26,29)/t19-,20+/m0/s1. The van der Waals surface area contributed by atoms with Crippen molar-refractivity contribution in [2.75, 3.05) is 0 Å². The minimum absolute atomic E-state index is 0.0484. The van der Waals surface area contributed by atoms with Crippen LogP contribution in [-0.2, 0) is 27.2 Å². The summed E-state index contributed by atoms with van der Waals surface area (Å²) in [5, 5.41) is 5.10. The third-order valence-electron chi connectivity index (χ3n) is 4.75. The van der Waals surface area contributed by atoms with Gasteiger partial charge < -0.3 is 16.4 Å². The van der Waals surface area contributed by atoms with Crippen molar-refractivity contribution in [3.8, 4) is 0 Å². The van der Waals surface area contributed by atoms with Gasteiger partial charge in [-0.3, -0.25) is 14.4 Å². The Labute approximate surface area is 169 Å². The second-order valence-electron chi connectivity index (χ2n) is 7.13. The normalized spacial score (nSPS) is 12.7. The lowest BCUT2D eigenvalue weighted by Gasteiger charge is -2.22. The van der Waals surface area contributed by atoms with E-state index in [1.54, 1.807) is 12.1 Å². The molecule has 154 valence electrons. The van der Waals surface area contributed by atoms with Crippen molar-refractivity contribution >= 4 is 17.7 Å². The molecule has 0 heterocycles. The molecule has 0 radical (unpaired) electrons. The smallest absolute Gasteiger partial charge is 0.243 e. The molecule has 2 aromatic rings. The highest BCUT2D eigenvalue weighted by Crippen LogP contribution is 2.13. The molecule has 0 aromatic heterocycles. The van der Waals surface area contributed by atoms with Crippen molar-refractivity contribution < 1.29 is 18.8 Å². The first kappa shape index (κ1) is 22.1. The van der Waals surface area contributed by atoms with E-state index in [1.807, 2.05) is 32.0 Å². The maximum absolute atomic E-state index is 14.0. The van der Waals surface area contributed by atoms with Crippen molar-refractivity contribution in [1.29, 1.82) is 0 Å². The summed E-state index contributed by atoms with van der Waals surface area (Å²) < 4.78 is 14.0. The zero-order valence-electron chi connectivity index (χ0n) is 16.8. The molecule has 4 N–H and O–H groups in total. The average molecular weight is 399 g/mol. The van der Waals surface area contributed by atoms with Gasteiger partial charge in [0.05, 0.1) is 0 Å². The van der Waals surface area contributed by atoms with E-state index in [0.717, 1.165) is 16.7 Å². The molecule has 0 unspecified atom stereocenters. The number of benzene rings is 2. The highest BCUT2D eigenvalue weighted by molar-refractivity contribution is 5.91. The van der Waals surface area contributed by atoms with Gasteiger partial charge in [-0.1, -0.05) is 36.4 Å². The second-order valence-corrected chi connectivity index (χ2v) is 7.13. The van der Waals surface area contributed by atoms with Crippen molar-refractivity contribution in [2.24, 2.45) is 5.73 Å². The molecule has 0 saturated carbocycles. The van der Waals surface area contributed by atoms with Gasteiger partial charge in [0, 0.05) is 19.8 Å². The summed E-state index contributed by atoms with van der Waals surface area (Å²) in [4.78, 5) is 36.2. The number of aryl methyl sites for hydroxylation is 2. The molecule has 2 rings (SSSR count). The maximum atomic E-state index is 14.0. The van der Waals surface area contributed by atoms with Gasteiger partial charge in [0.1, 0.15) is 17.9 Å². The first-order chi connectivity index (χ1) is 13.7. The fraction of sp³-hybridized carbons (Fsp3) is 0.318. The molecular formula is C22H26FN3O3. The molecule has 29 heavy (non-hydrogen) atoms. The molecule has 6 nitrogen and oxygen atoms in total. The molecule has 0 bridgehead atoms. The predicted molar refractivity (Wildman–Crippen MR) is 108 cm³/mol. The molecular weight excluding hydrogens is 373 g/mol. The summed E-state index contributed by atoms with van der Waals surface area (Å²) in [6, 6.07) is 9.75. The van der Waals surface area contributed by atoms with Crippen LogP contribution in [0.25, 0.3) is 0 Å². The Hall–Kier alpha value is -3.22. The number of halogens is 1. The van der Waals surface area contributed by atoms with Gasteiger partial charge in [0.25, 0.3) is 0 Å². The monoisotopic (exact) mass is 399 g/mol. The van der Waals surface area contributed by atoms with Gasteiger partial charge in [0.15, 0.2) is 0 Å². The second kappa shape index (κ2) is 9.82. The number of nitrogens with two attached hydrogens (primary N) is 1. The number of hydrogen-bond donors (Lipinski definition) is 3. The zero-order chi connectivity index (χ0) is 21.6. The first-order valence-electron chi connectivity index (χ1n) is 9.33. The largest absolute Gasteiger partial charge is 0.368 e. The number of carbonyl (C=O) groups excluding carboxylic acids is 3. The van der Waals surface area contributed by atoms with Gasteiger partial charge in [-0.15, -0.1) is 0 Å².